The summed E-state index contributed by atoms with van der Waals surface area (Å²) >= 11 is 9.80. The largest absolute Gasteiger partial charge is 0.450 e. The van der Waals surface area contributed by atoms with Crippen LogP contribution in [0.1, 0.15) is 38.9 Å². The number of benzene rings is 3. The molecule has 0 saturated carbocycles. The van der Waals surface area contributed by atoms with E-state index in [1.165, 1.54) is 0 Å². The molecule has 0 aliphatic carbocycles. The first-order chi connectivity index (χ1) is 14.9. The minimum Gasteiger partial charge on any atom is -0.450 e. The Kier molecular flexibility index (Phi) is 4.95. The third kappa shape index (κ3) is 3.38. The first kappa shape index (κ1) is 20.0. The molecule has 1 unspecified atom stereocenters. The van der Waals surface area contributed by atoms with Crippen LogP contribution in [-0.4, -0.2) is 10.8 Å². The highest BCUT2D eigenvalue weighted by atomic mass is 79.9. The minimum atomic E-state index is -0.556. The van der Waals surface area contributed by atoms with Crippen LogP contribution in [0.2, 0.25) is 5.02 Å². The van der Waals surface area contributed by atoms with E-state index in [4.69, 9.17) is 16.0 Å². The molecule has 1 amide bonds. The van der Waals surface area contributed by atoms with Crippen molar-refractivity contribution in [3.63, 3.8) is 0 Å². The van der Waals surface area contributed by atoms with Gasteiger partial charge in [-0.1, -0.05) is 75.6 Å². The molecule has 0 radical (unpaired) electrons. The number of carbonyl (C=O) groups is 1. The van der Waals surface area contributed by atoms with E-state index in [0.29, 0.717) is 21.6 Å². The molecule has 4 nitrogen and oxygen atoms in total. The van der Waals surface area contributed by atoms with Gasteiger partial charge in [-0.25, -0.2) is 0 Å². The number of carbonyl (C=O) groups excluding carboxylic acids is 1. The molecule has 0 saturated heterocycles. The molecule has 1 aliphatic rings. The number of rotatable bonds is 3. The molecule has 2 heterocycles. The van der Waals surface area contributed by atoms with Gasteiger partial charge in [0.25, 0.3) is 5.91 Å². The SMILES string of the molecule is Cc1ccc(C2c3c(oc4ccc(Br)cc4c3=O)C(=O)N2Cc2ccccc2Cl)cc1. The van der Waals surface area contributed by atoms with Crippen LogP contribution in [-0.2, 0) is 6.54 Å². The standard InChI is InChI=1S/C25H17BrClNO3/c1-14-6-8-15(9-7-14)22-21-23(29)18-12-17(26)10-11-20(18)31-24(21)25(30)28(22)13-16-4-2-3-5-19(16)27/h2-12,22H,13H2,1H3. The Morgan fingerprint density at radius 3 is 2.52 bits per heavy atom. The molecule has 3 aromatic carbocycles. The molecule has 31 heavy (non-hydrogen) atoms. The predicted molar refractivity (Wildman–Crippen MR) is 125 cm³/mol. The lowest BCUT2D eigenvalue weighted by Gasteiger charge is -2.25. The zero-order chi connectivity index (χ0) is 21.7. The second kappa shape index (κ2) is 7.66. The molecular formula is C25H17BrClNO3. The molecule has 5 rings (SSSR count). The summed E-state index contributed by atoms with van der Waals surface area (Å²) in [7, 11) is 0. The number of hydrogen-bond acceptors (Lipinski definition) is 3. The van der Waals surface area contributed by atoms with Crippen LogP contribution in [0.3, 0.4) is 0 Å². The zero-order valence-electron chi connectivity index (χ0n) is 16.6. The topological polar surface area (TPSA) is 50.5 Å². The molecule has 0 spiro atoms. The third-order valence-corrected chi connectivity index (χ3v) is 6.48. The van der Waals surface area contributed by atoms with Crippen molar-refractivity contribution in [3.8, 4) is 0 Å². The monoisotopic (exact) mass is 493 g/mol. The zero-order valence-corrected chi connectivity index (χ0v) is 18.9. The van der Waals surface area contributed by atoms with Gasteiger partial charge < -0.3 is 9.32 Å². The first-order valence-corrected chi connectivity index (χ1v) is 11.0. The van der Waals surface area contributed by atoms with Crippen LogP contribution in [0.15, 0.2) is 80.4 Å². The van der Waals surface area contributed by atoms with Crippen molar-refractivity contribution in [1.82, 2.24) is 4.90 Å². The minimum absolute atomic E-state index is 0.0949. The maximum Gasteiger partial charge on any atom is 0.291 e. The van der Waals surface area contributed by atoms with E-state index >= 15 is 0 Å². The molecule has 1 atom stereocenters. The van der Waals surface area contributed by atoms with Gasteiger partial charge in [0.2, 0.25) is 5.76 Å². The van der Waals surface area contributed by atoms with Crippen LogP contribution in [0, 0.1) is 6.92 Å². The summed E-state index contributed by atoms with van der Waals surface area (Å²) in [6.07, 6.45) is 0. The van der Waals surface area contributed by atoms with Crippen molar-refractivity contribution in [2.24, 2.45) is 0 Å². The lowest BCUT2D eigenvalue weighted by atomic mass is 9.97. The van der Waals surface area contributed by atoms with Gasteiger partial charge in [-0.3, -0.25) is 9.59 Å². The Hall–Kier alpha value is -2.89. The summed E-state index contributed by atoms with van der Waals surface area (Å²) in [5.41, 5.74) is 3.32. The van der Waals surface area contributed by atoms with Crippen molar-refractivity contribution in [2.75, 3.05) is 0 Å². The average molecular weight is 495 g/mol. The van der Waals surface area contributed by atoms with Gasteiger partial charge in [-0.05, 0) is 42.3 Å². The quantitative estimate of drug-likeness (QED) is 0.338. The molecule has 0 bridgehead atoms. The highest BCUT2D eigenvalue weighted by Crippen LogP contribution is 2.40. The number of hydrogen-bond donors (Lipinski definition) is 0. The van der Waals surface area contributed by atoms with E-state index in [2.05, 4.69) is 15.9 Å². The van der Waals surface area contributed by atoms with Crippen molar-refractivity contribution in [1.29, 1.82) is 0 Å². The normalized spacial score (nSPS) is 15.5. The van der Waals surface area contributed by atoms with Gasteiger partial charge in [0.05, 0.1) is 17.0 Å². The lowest BCUT2D eigenvalue weighted by molar-refractivity contribution is 0.0714. The Balaban J connectivity index is 1.74. The number of amides is 1. The molecule has 4 aromatic rings. The number of fused-ring (bicyclic) bond motifs is 2. The van der Waals surface area contributed by atoms with E-state index in [1.54, 1.807) is 29.2 Å². The maximum atomic E-state index is 13.5. The first-order valence-electron chi connectivity index (χ1n) is 9.81. The summed E-state index contributed by atoms with van der Waals surface area (Å²) in [4.78, 5) is 28.7. The number of aryl methyl sites for hydroxylation is 1. The molecule has 1 aliphatic heterocycles. The van der Waals surface area contributed by atoms with E-state index < -0.39 is 6.04 Å². The molecular weight excluding hydrogens is 478 g/mol. The Morgan fingerprint density at radius 2 is 1.77 bits per heavy atom. The molecule has 0 N–H and O–H groups in total. The smallest absolute Gasteiger partial charge is 0.291 e. The Labute approximate surface area is 192 Å². The maximum absolute atomic E-state index is 13.5. The van der Waals surface area contributed by atoms with Crippen LogP contribution in [0.4, 0.5) is 0 Å². The number of nitrogens with zero attached hydrogens (tertiary/aromatic N) is 1. The van der Waals surface area contributed by atoms with Crippen LogP contribution in [0.25, 0.3) is 11.0 Å². The highest BCUT2D eigenvalue weighted by molar-refractivity contribution is 9.10. The van der Waals surface area contributed by atoms with Crippen LogP contribution < -0.4 is 5.43 Å². The van der Waals surface area contributed by atoms with Gasteiger partial charge in [-0.15, -0.1) is 0 Å². The Morgan fingerprint density at radius 1 is 1.03 bits per heavy atom. The molecule has 0 fully saturated rings. The summed E-state index contributed by atoms with van der Waals surface area (Å²) in [6.45, 7) is 2.26. The van der Waals surface area contributed by atoms with Crippen molar-refractivity contribution >= 4 is 44.4 Å². The fraction of sp³-hybridized carbons (Fsp3) is 0.120. The van der Waals surface area contributed by atoms with Gasteiger partial charge in [0, 0.05) is 16.0 Å². The van der Waals surface area contributed by atoms with E-state index in [9.17, 15) is 9.59 Å². The summed E-state index contributed by atoms with van der Waals surface area (Å²) in [6, 6.07) is 19.9. The highest BCUT2D eigenvalue weighted by Gasteiger charge is 2.42. The second-order valence-corrected chi connectivity index (χ2v) is 8.98. The fourth-order valence-corrected chi connectivity index (χ4v) is 4.62. The molecule has 154 valence electrons. The van der Waals surface area contributed by atoms with Crippen molar-refractivity contribution in [3.05, 3.63) is 114 Å². The summed E-state index contributed by atoms with van der Waals surface area (Å²) in [5, 5.41) is 1.01. The summed E-state index contributed by atoms with van der Waals surface area (Å²) < 4.78 is 6.76. The van der Waals surface area contributed by atoms with Crippen LogP contribution >= 0.6 is 27.5 Å². The lowest BCUT2D eigenvalue weighted by Crippen LogP contribution is -2.29. The van der Waals surface area contributed by atoms with Crippen molar-refractivity contribution in [2.45, 2.75) is 19.5 Å². The predicted octanol–water partition coefficient (Wildman–Crippen LogP) is 6.26. The second-order valence-electron chi connectivity index (χ2n) is 7.65. The average Bonchev–Trinajstić information content (AvgIpc) is 3.03. The van der Waals surface area contributed by atoms with Crippen molar-refractivity contribution < 1.29 is 9.21 Å². The summed E-state index contributed by atoms with van der Waals surface area (Å²) in [5.74, 6) is -0.222. The van der Waals surface area contributed by atoms with Gasteiger partial charge in [0.15, 0.2) is 5.43 Å². The van der Waals surface area contributed by atoms with Gasteiger partial charge >= 0.3 is 0 Å². The molecule has 1 aromatic heterocycles. The number of halogens is 2. The molecule has 6 heteroatoms. The fourth-order valence-electron chi connectivity index (χ4n) is 4.06. The Bertz CT molecular complexity index is 1390. The van der Waals surface area contributed by atoms with Crippen LogP contribution in [0.5, 0.6) is 0 Å². The van der Waals surface area contributed by atoms with E-state index in [-0.39, 0.29) is 23.6 Å². The van der Waals surface area contributed by atoms with Gasteiger partial charge in [0.1, 0.15) is 5.58 Å². The van der Waals surface area contributed by atoms with Gasteiger partial charge in [-0.2, -0.15) is 0 Å². The van der Waals surface area contributed by atoms with E-state index in [0.717, 1.165) is 21.2 Å². The van der Waals surface area contributed by atoms with E-state index in [1.807, 2.05) is 49.4 Å². The third-order valence-electron chi connectivity index (χ3n) is 5.62.